The van der Waals surface area contributed by atoms with E-state index in [9.17, 15) is 0 Å². The zero-order valence-electron chi connectivity index (χ0n) is 8.84. The second kappa shape index (κ2) is 3.86. The van der Waals surface area contributed by atoms with Gasteiger partial charge in [-0.3, -0.25) is 0 Å². The first-order chi connectivity index (χ1) is 7.24. The molecular weight excluding hydrogens is 192 g/mol. The molecule has 5 nitrogen and oxygen atoms in total. The SMILES string of the molecule is CC(C)n1nnc(CN)c1-c1ccco1. The van der Waals surface area contributed by atoms with Crippen molar-refractivity contribution in [1.82, 2.24) is 15.0 Å². The van der Waals surface area contributed by atoms with Crippen LogP contribution in [0, 0.1) is 0 Å². The fourth-order valence-corrected chi connectivity index (χ4v) is 1.49. The molecule has 15 heavy (non-hydrogen) atoms. The number of nitrogens with zero attached hydrogens (tertiary/aromatic N) is 3. The van der Waals surface area contributed by atoms with Crippen LogP contribution in [0.5, 0.6) is 0 Å². The Morgan fingerprint density at radius 3 is 2.87 bits per heavy atom. The summed E-state index contributed by atoms with van der Waals surface area (Å²) in [6, 6.07) is 3.96. The fraction of sp³-hybridized carbons (Fsp3) is 0.400. The van der Waals surface area contributed by atoms with E-state index in [4.69, 9.17) is 10.2 Å². The molecule has 2 rings (SSSR count). The van der Waals surface area contributed by atoms with Crippen molar-refractivity contribution in [2.75, 3.05) is 0 Å². The zero-order valence-corrected chi connectivity index (χ0v) is 8.84. The van der Waals surface area contributed by atoms with Crippen molar-refractivity contribution in [3.63, 3.8) is 0 Å². The molecule has 2 heterocycles. The van der Waals surface area contributed by atoms with E-state index in [1.807, 2.05) is 30.7 Å². The minimum Gasteiger partial charge on any atom is -0.463 e. The predicted molar refractivity (Wildman–Crippen MR) is 56.0 cm³/mol. The first-order valence-electron chi connectivity index (χ1n) is 4.92. The average molecular weight is 206 g/mol. The van der Waals surface area contributed by atoms with Crippen LogP contribution in [0.25, 0.3) is 11.5 Å². The molecule has 5 heteroatoms. The van der Waals surface area contributed by atoms with Crippen molar-refractivity contribution < 1.29 is 4.42 Å². The van der Waals surface area contributed by atoms with Crippen LogP contribution in [0.1, 0.15) is 25.6 Å². The van der Waals surface area contributed by atoms with Crippen molar-refractivity contribution in [2.45, 2.75) is 26.4 Å². The fourth-order valence-electron chi connectivity index (χ4n) is 1.49. The highest BCUT2D eigenvalue weighted by Crippen LogP contribution is 2.24. The van der Waals surface area contributed by atoms with E-state index < -0.39 is 0 Å². The summed E-state index contributed by atoms with van der Waals surface area (Å²) in [5, 5.41) is 8.11. The summed E-state index contributed by atoms with van der Waals surface area (Å²) in [6.07, 6.45) is 1.63. The van der Waals surface area contributed by atoms with E-state index in [1.54, 1.807) is 6.26 Å². The van der Waals surface area contributed by atoms with Crippen molar-refractivity contribution in [3.8, 4) is 11.5 Å². The van der Waals surface area contributed by atoms with Gasteiger partial charge >= 0.3 is 0 Å². The average Bonchev–Trinajstić information content (AvgIpc) is 2.85. The monoisotopic (exact) mass is 206 g/mol. The number of hydrogen-bond donors (Lipinski definition) is 1. The van der Waals surface area contributed by atoms with Crippen molar-refractivity contribution in [1.29, 1.82) is 0 Å². The lowest BCUT2D eigenvalue weighted by molar-refractivity contribution is 0.504. The molecule has 0 unspecified atom stereocenters. The second-order valence-corrected chi connectivity index (χ2v) is 3.60. The minimum atomic E-state index is 0.234. The highest BCUT2D eigenvalue weighted by molar-refractivity contribution is 5.55. The molecule has 0 fully saturated rings. The van der Waals surface area contributed by atoms with E-state index >= 15 is 0 Å². The quantitative estimate of drug-likeness (QED) is 0.827. The summed E-state index contributed by atoms with van der Waals surface area (Å²) < 4.78 is 7.18. The molecule has 0 atom stereocenters. The maximum atomic E-state index is 5.61. The number of hydrogen-bond acceptors (Lipinski definition) is 4. The van der Waals surface area contributed by atoms with Gasteiger partial charge in [0.2, 0.25) is 0 Å². The molecule has 0 spiro atoms. The first kappa shape index (κ1) is 9.92. The van der Waals surface area contributed by atoms with Gasteiger partial charge in [-0.2, -0.15) is 0 Å². The maximum Gasteiger partial charge on any atom is 0.153 e. The van der Waals surface area contributed by atoms with Crippen LogP contribution in [-0.4, -0.2) is 15.0 Å². The Bertz CT molecular complexity index is 430. The van der Waals surface area contributed by atoms with Gasteiger partial charge in [-0.25, -0.2) is 4.68 Å². The third-order valence-corrected chi connectivity index (χ3v) is 2.20. The summed E-state index contributed by atoms with van der Waals surface area (Å²) in [5.74, 6) is 0.758. The van der Waals surface area contributed by atoms with Gasteiger partial charge < -0.3 is 10.2 Å². The molecule has 0 aliphatic rings. The summed E-state index contributed by atoms with van der Waals surface area (Å²) >= 11 is 0. The van der Waals surface area contributed by atoms with E-state index in [0.29, 0.717) is 6.54 Å². The Morgan fingerprint density at radius 1 is 1.53 bits per heavy atom. The first-order valence-corrected chi connectivity index (χ1v) is 4.92. The Balaban J connectivity index is 2.56. The lowest BCUT2D eigenvalue weighted by Crippen LogP contribution is -2.06. The van der Waals surface area contributed by atoms with Crippen LogP contribution in [0.4, 0.5) is 0 Å². The number of nitrogens with two attached hydrogens (primary N) is 1. The molecule has 0 aliphatic carbocycles. The molecule has 0 bridgehead atoms. The number of aromatic nitrogens is 3. The molecule has 80 valence electrons. The predicted octanol–water partition coefficient (Wildman–Crippen LogP) is 1.58. The summed E-state index contributed by atoms with van der Waals surface area (Å²) in [5.41, 5.74) is 7.25. The second-order valence-electron chi connectivity index (χ2n) is 3.60. The van der Waals surface area contributed by atoms with Gasteiger partial charge in [-0.15, -0.1) is 5.10 Å². The van der Waals surface area contributed by atoms with Gasteiger partial charge in [0.1, 0.15) is 11.4 Å². The molecule has 0 saturated heterocycles. The Hall–Kier alpha value is -1.62. The van der Waals surface area contributed by atoms with E-state index in [-0.39, 0.29) is 6.04 Å². The highest BCUT2D eigenvalue weighted by atomic mass is 16.3. The molecule has 0 amide bonds. The Morgan fingerprint density at radius 2 is 2.33 bits per heavy atom. The summed E-state index contributed by atoms with van der Waals surface area (Å²) in [7, 11) is 0. The zero-order chi connectivity index (χ0) is 10.8. The molecule has 0 radical (unpaired) electrons. The van der Waals surface area contributed by atoms with Crippen molar-refractivity contribution in [3.05, 3.63) is 24.1 Å². The van der Waals surface area contributed by atoms with E-state index in [1.165, 1.54) is 0 Å². The minimum absolute atomic E-state index is 0.234. The van der Waals surface area contributed by atoms with Gasteiger partial charge in [-0.05, 0) is 26.0 Å². The third-order valence-electron chi connectivity index (χ3n) is 2.20. The number of rotatable bonds is 3. The standard InChI is InChI=1S/C10H14N4O/c1-7(2)14-10(8(6-11)12-13-14)9-4-3-5-15-9/h3-5,7H,6,11H2,1-2H3. The normalized spacial score (nSPS) is 11.2. The van der Waals surface area contributed by atoms with Crippen LogP contribution >= 0.6 is 0 Å². The van der Waals surface area contributed by atoms with Gasteiger partial charge in [0.25, 0.3) is 0 Å². The molecule has 0 saturated carbocycles. The van der Waals surface area contributed by atoms with Crippen LogP contribution in [0.3, 0.4) is 0 Å². The van der Waals surface area contributed by atoms with Gasteiger partial charge in [0.15, 0.2) is 5.76 Å². The van der Waals surface area contributed by atoms with Crippen LogP contribution in [0.2, 0.25) is 0 Å². The molecule has 0 aromatic carbocycles. The van der Waals surface area contributed by atoms with Crippen LogP contribution in [-0.2, 0) is 6.54 Å². The van der Waals surface area contributed by atoms with Gasteiger partial charge in [0.05, 0.1) is 6.26 Å². The lowest BCUT2D eigenvalue weighted by Gasteiger charge is -2.08. The van der Waals surface area contributed by atoms with Gasteiger partial charge in [0, 0.05) is 12.6 Å². The number of furan rings is 1. The largest absolute Gasteiger partial charge is 0.463 e. The van der Waals surface area contributed by atoms with Crippen LogP contribution < -0.4 is 5.73 Å². The summed E-state index contributed by atoms with van der Waals surface area (Å²) in [6.45, 7) is 4.45. The Labute approximate surface area is 87.9 Å². The molecular formula is C10H14N4O. The third kappa shape index (κ3) is 1.66. The Kier molecular flexibility index (Phi) is 2.55. The van der Waals surface area contributed by atoms with Gasteiger partial charge in [-0.1, -0.05) is 5.21 Å². The smallest absolute Gasteiger partial charge is 0.153 e. The molecule has 2 N–H and O–H groups in total. The summed E-state index contributed by atoms with van der Waals surface area (Å²) in [4.78, 5) is 0. The van der Waals surface area contributed by atoms with Crippen molar-refractivity contribution >= 4 is 0 Å². The van der Waals surface area contributed by atoms with Crippen molar-refractivity contribution in [2.24, 2.45) is 5.73 Å². The lowest BCUT2D eigenvalue weighted by atomic mass is 10.2. The molecule has 2 aromatic heterocycles. The molecule has 0 aliphatic heterocycles. The topological polar surface area (TPSA) is 69.9 Å². The van der Waals surface area contributed by atoms with E-state index in [2.05, 4.69) is 10.3 Å². The van der Waals surface area contributed by atoms with E-state index in [0.717, 1.165) is 17.1 Å². The molecule has 2 aromatic rings. The highest BCUT2D eigenvalue weighted by Gasteiger charge is 2.17. The van der Waals surface area contributed by atoms with Crippen LogP contribution in [0.15, 0.2) is 22.8 Å². The maximum absolute atomic E-state index is 5.61.